The largest absolute Gasteiger partial charge is 0.494 e. The number of carbonyl (C=O) groups is 8. The molecule has 4 aromatic rings. The molecule has 1 aliphatic heterocycles. The van der Waals surface area contributed by atoms with Crippen molar-refractivity contribution in [1.29, 1.82) is 0 Å². The third-order valence-corrected chi connectivity index (χ3v) is 11.5. The molecule has 1 aromatic heterocycles. The highest BCUT2D eigenvalue weighted by Gasteiger charge is 2.41. The molecule has 0 fully saturated rings. The normalized spacial score (nSPS) is 14.4. The number of nitrogens with one attached hydrogen (secondary N) is 5. The SMILES string of the molecule is CC(=O)N[C@@H](CC(=O)OC(C)(C)C)C(=O)N[C@@H](CC(=O)OC(C)(C)C)C(=O)N[C@@H](CC(=O)OC(C)(C)C)C(=O)NCCCCCCOc1cccc(CC2Nc3c(Cc4ccccc4)nc(-c4ccccc4)c[n+]3C2=O)c1. The summed E-state index contributed by atoms with van der Waals surface area (Å²) < 4.78 is 24.0. The molecule has 19 heteroatoms. The number of benzene rings is 3. The van der Waals surface area contributed by atoms with E-state index in [1.165, 1.54) is 0 Å². The van der Waals surface area contributed by atoms with E-state index >= 15 is 0 Å². The predicted octanol–water partition coefficient (Wildman–Crippen LogP) is 6.03. The van der Waals surface area contributed by atoms with Crippen LogP contribution in [0.5, 0.6) is 5.75 Å². The Kier molecular flexibility index (Phi) is 21.4. The molecule has 19 nitrogen and oxygen atoms in total. The van der Waals surface area contributed by atoms with E-state index in [0.717, 1.165) is 35.7 Å². The van der Waals surface area contributed by atoms with Gasteiger partial charge >= 0.3 is 29.6 Å². The average molecular weight is 1060 g/mol. The molecule has 77 heavy (non-hydrogen) atoms. The van der Waals surface area contributed by atoms with Gasteiger partial charge in [0.25, 0.3) is 0 Å². The summed E-state index contributed by atoms with van der Waals surface area (Å²) in [6, 6.07) is 22.3. The second-order valence-electron chi connectivity index (χ2n) is 22.0. The van der Waals surface area contributed by atoms with Crippen molar-refractivity contribution in [2.75, 3.05) is 18.5 Å². The van der Waals surface area contributed by atoms with Gasteiger partial charge in [0.05, 0.1) is 25.9 Å². The van der Waals surface area contributed by atoms with Crippen molar-refractivity contribution in [2.45, 2.75) is 168 Å². The van der Waals surface area contributed by atoms with Gasteiger partial charge in [-0.2, -0.15) is 4.57 Å². The maximum Gasteiger partial charge on any atom is 0.359 e. The summed E-state index contributed by atoms with van der Waals surface area (Å²) in [6.07, 6.45) is 3.60. The molecule has 1 unspecified atom stereocenters. The van der Waals surface area contributed by atoms with Crippen LogP contribution < -0.4 is 35.9 Å². The van der Waals surface area contributed by atoms with Crippen LogP contribution in [-0.4, -0.2) is 107 Å². The lowest BCUT2D eigenvalue weighted by molar-refractivity contribution is -0.552. The summed E-state index contributed by atoms with van der Waals surface area (Å²) in [6.45, 7) is 16.4. The molecule has 5 rings (SSSR count). The summed E-state index contributed by atoms with van der Waals surface area (Å²) in [7, 11) is 0. The Labute approximate surface area is 451 Å². The quantitative estimate of drug-likeness (QED) is 0.0220. The molecule has 5 N–H and O–H groups in total. The number of anilines is 1. The molecule has 414 valence electrons. The number of fused-ring (bicyclic) bond motifs is 1. The number of aromatic nitrogens is 2. The minimum absolute atomic E-state index is 0.0715. The zero-order valence-electron chi connectivity index (χ0n) is 46.0. The molecule has 0 bridgehead atoms. The first-order valence-electron chi connectivity index (χ1n) is 26.1. The second kappa shape index (κ2) is 27.4. The van der Waals surface area contributed by atoms with Crippen molar-refractivity contribution in [3.8, 4) is 17.0 Å². The summed E-state index contributed by atoms with van der Waals surface area (Å²) in [5.41, 5.74) is 1.62. The maximum atomic E-state index is 14.0. The second-order valence-corrected chi connectivity index (χ2v) is 22.0. The minimum Gasteiger partial charge on any atom is -0.494 e. The standard InChI is InChI=1S/C58H75N7O12/c1-37(66)60-44(34-49(68)76-57(5,6)7)53(71)64-45(35-50(69)77-58(8,9)10)54(72)63-43(33-48(67)75-56(2,3)4)52(70)59-28-19-11-12-20-29-74-41-27-21-24-39(30-41)32-46-55(73)65-36-47(40-25-17-14-18-26-40)61-42(51(65)62-46)31-38-22-15-13-16-23-38/h13-18,21-27,30,36,43-46H,11-12,19-20,28-29,31-35H2,1-10H3,(H4,59,60,63,64,66,70,71,72)/p+1/t43-,44-,45-,46?/m0/s1. The number of hydrogen-bond acceptors (Lipinski definition) is 14. The van der Waals surface area contributed by atoms with Crippen LogP contribution >= 0.6 is 0 Å². The number of unbranched alkanes of at least 4 members (excludes halogenated alkanes) is 3. The highest BCUT2D eigenvalue weighted by atomic mass is 16.6. The molecule has 3 aromatic carbocycles. The Hall–Kier alpha value is -7.70. The lowest BCUT2D eigenvalue weighted by Crippen LogP contribution is -2.58. The summed E-state index contributed by atoms with van der Waals surface area (Å²) in [5.74, 6) is -4.59. The van der Waals surface area contributed by atoms with E-state index in [-0.39, 0.29) is 12.5 Å². The summed E-state index contributed by atoms with van der Waals surface area (Å²) in [5, 5.41) is 13.5. The molecule has 0 saturated heterocycles. The third-order valence-electron chi connectivity index (χ3n) is 11.5. The zero-order chi connectivity index (χ0) is 56.5. The molecule has 0 radical (unpaired) electrons. The molecule has 0 spiro atoms. The van der Waals surface area contributed by atoms with Crippen LogP contribution in [0.1, 0.15) is 136 Å². The lowest BCUT2D eigenvalue weighted by atomic mass is 10.1. The van der Waals surface area contributed by atoms with E-state index in [9.17, 15) is 38.4 Å². The van der Waals surface area contributed by atoms with Crippen LogP contribution in [0.25, 0.3) is 11.3 Å². The van der Waals surface area contributed by atoms with E-state index in [4.69, 9.17) is 23.9 Å². The molecule has 0 saturated carbocycles. The Morgan fingerprint density at radius 3 is 1.68 bits per heavy atom. The highest BCUT2D eigenvalue weighted by molar-refractivity contribution is 5.98. The Morgan fingerprint density at radius 1 is 0.623 bits per heavy atom. The van der Waals surface area contributed by atoms with Crippen molar-refractivity contribution in [2.24, 2.45) is 0 Å². The number of rotatable bonds is 25. The molecular weight excluding hydrogens is 987 g/mol. The summed E-state index contributed by atoms with van der Waals surface area (Å²) in [4.78, 5) is 111. The van der Waals surface area contributed by atoms with Gasteiger partial charge in [-0.15, -0.1) is 0 Å². The third kappa shape index (κ3) is 20.7. The topological polar surface area (TPSA) is 250 Å². The fourth-order valence-corrected chi connectivity index (χ4v) is 8.24. The molecule has 4 atom stereocenters. The van der Waals surface area contributed by atoms with Crippen molar-refractivity contribution in [3.63, 3.8) is 0 Å². The molecule has 1 aliphatic rings. The Morgan fingerprint density at radius 2 is 1.13 bits per heavy atom. The van der Waals surface area contributed by atoms with E-state index < -0.39 is 102 Å². The number of esters is 3. The van der Waals surface area contributed by atoms with Crippen LogP contribution in [0.15, 0.2) is 91.1 Å². The average Bonchev–Trinajstić information content (AvgIpc) is 3.65. The first kappa shape index (κ1) is 60.2. The number of amides is 4. The van der Waals surface area contributed by atoms with E-state index in [2.05, 4.69) is 26.6 Å². The van der Waals surface area contributed by atoms with Gasteiger partial charge in [-0.3, -0.25) is 38.9 Å². The van der Waals surface area contributed by atoms with Crippen LogP contribution in [0.2, 0.25) is 0 Å². The van der Waals surface area contributed by atoms with E-state index in [0.29, 0.717) is 56.0 Å². The van der Waals surface area contributed by atoms with Gasteiger partial charge in [-0.1, -0.05) is 85.6 Å². The number of carbonyl (C=O) groups excluding carboxylic acids is 8. The van der Waals surface area contributed by atoms with Crippen LogP contribution in [0, 0.1) is 0 Å². The van der Waals surface area contributed by atoms with Gasteiger partial charge in [-0.05, 0) is 98.4 Å². The predicted molar refractivity (Wildman–Crippen MR) is 287 cm³/mol. The van der Waals surface area contributed by atoms with Gasteiger partial charge in [0, 0.05) is 31.9 Å². The number of nitrogens with zero attached hydrogens (tertiary/aromatic N) is 2. The van der Waals surface area contributed by atoms with Crippen LogP contribution in [0.3, 0.4) is 0 Å². The first-order chi connectivity index (χ1) is 36.2. The minimum atomic E-state index is -1.68. The molecule has 4 amide bonds. The van der Waals surface area contributed by atoms with E-state index in [1.54, 1.807) is 73.1 Å². The van der Waals surface area contributed by atoms with Gasteiger partial charge in [0.2, 0.25) is 23.6 Å². The zero-order valence-corrected chi connectivity index (χ0v) is 46.0. The molecule has 2 heterocycles. The van der Waals surface area contributed by atoms with Gasteiger partial charge in [-0.25, -0.2) is 9.78 Å². The maximum absolute atomic E-state index is 14.0. The van der Waals surface area contributed by atoms with E-state index in [1.807, 2.05) is 84.9 Å². The van der Waals surface area contributed by atoms with Crippen molar-refractivity contribution < 1.29 is 61.9 Å². The van der Waals surface area contributed by atoms with Crippen LogP contribution in [0.4, 0.5) is 5.82 Å². The highest BCUT2D eigenvalue weighted by Crippen LogP contribution is 2.26. The lowest BCUT2D eigenvalue weighted by Gasteiger charge is -2.27. The smallest absolute Gasteiger partial charge is 0.359 e. The van der Waals surface area contributed by atoms with Gasteiger partial charge in [0.15, 0.2) is 6.04 Å². The van der Waals surface area contributed by atoms with Crippen molar-refractivity contribution >= 4 is 53.3 Å². The monoisotopic (exact) mass is 1060 g/mol. The van der Waals surface area contributed by atoms with Crippen molar-refractivity contribution in [1.82, 2.24) is 26.3 Å². The van der Waals surface area contributed by atoms with Crippen LogP contribution in [-0.2, 0) is 60.6 Å². The molecule has 0 aliphatic carbocycles. The number of ether oxygens (including phenoxy) is 4. The van der Waals surface area contributed by atoms with Crippen molar-refractivity contribution in [3.05, 3.63) is 108 Å². The Balaban J connectivity index is 1.15. The number of hydrogen-bond donors (Lipinski definition) is 5. The van der Waals surface area contributed by atoms with Gasteiger partial charge < -0.3 is 40.2 Å². The van der Waals surface area contributed by atoms with Gasteiger partial charge in [0.1, 0.15) is 58.3 Å². The molecular formula is C58H76N7O12+. The Bertz CT molecular complexity index is 2710. The first-order valence-corrected chi connectivity index (χ1v) is 26.1. The fourth-order valence-electron chi connectivity index (χ4n) is 8.24. The fraction of sp³-hybridized carbons (Fsp3) is 0.483. The summed E-state index contributed by atoms with van der Waals surface area (Å²) >= 11 is 0.